The highest BCUT2D eigenvalue weighted by atomic mass is 16.4. The summed E-state index contributed by atoms with van der Waals surface area (Å²) in [6.07, 6.45) is 1.47. The number of amides is 2. The lowest BCUT2D eigenvalue weighted by atomic mass is 9.71. The van der Waals surface area contributed by atoms with Gasteiger partial charge in [-0.15, -0.1) is 0 Å². The number of hydrogen-bond donors (Lipinski definition) is 2. The molecule has 1 spiro atoms. The van der Waals surface area contributed by atoms with Crippen LogP contribution < -0.4 is 11.5 Å². The number of ketones is 1. The molecule has 8 heteroatoms. The number of nitrogens with two attached hydrogens (primary N) is 2. The summed E-state index contributed by atoms with van der Waals surface area (Å²) in [5, 5.41) is 0. The average Bonchev–Trinajstić information content (AvgIpc) is 3.21. The van der Waals surface area contributed by atoms with Crippen molar-refractivity contribution in [2.45, 2.75) is 24.7 Å². The number of nitrogen functional groups attached to an aromatic ring is 1. The Hall–Kier alpha value is -3.42. The third-order valence-corrected chi connectivity index (χ3v) is 5.54. The Morgan fingerprint density at radius 1 is 1.26 bits per heavy atom. The minimum atomic E-state index is -1.42. The number of aromatic nitrogens is 1. The Kier molecular flexibility index (Phi) is 2.96. The van der Waals surface area contributed by atoms with Gasteiger partial charge in [-0.05, 0) is 18.4 Å². The Balaban J connectivity index is 1.88. The molecule has 0 saturated heterocycles. The Morgan fingerprint density at radius 2 is 2.04 bits per heavy atom. The predicted molar refractivity (Wildman–Crippen MR) is 93.9 cm³/mol. The summed E-state index contributed by atoms with van der Waals surface area (Å²) in [7, 11) is 0. The smallest absolute Gasteiger partial charge is 0.292 e. The molecule has 0 fully saturated rings. The molecule has 1 aromatic carbocycles. The van der Waals surface area contributed by atoms with E-state index in [9.17, 15) is 14.4 Å². The lowest BCUT2D eigenvalue weighted by molar-refractivity contribution is -0.134. The van der Waals surface area contributed by atoms with Crippen molar-refractivity contribution >= 4 is 23.6 Å². The first kappa shape index (κ1) is 15.8. The largest absolute Gasteiger partial charge is 0.423 e. The Morgan fingerprint density at radius 3 is 2.81 bits per heavy atom. The number of oxazole rings is 1. The zero-order valence-electron chi connectivity index (χ0n) is 14.3. The Labute approximate surface area is 153 Å². The van der Waals surface area contributed by atoms with Crippen molar-refractivity contribution in [1.82, 2.24) is 9.88 Å². The van der Waals surface area contributed by atoms with Gasteiger partial charge in [0.05, 0.1) is 0 Å². The molecule has 0 unspecified atom stereocenters. The second-order valence-corrected chi connectivity index (χ2v) is 6.98. The standard InChI is InChI=1S/C19H16N4O4/c20-13(25)8-23-11-6-3-7-12(24)14(11)19(17(23)26)10-5-2-1-4-9(10)15-16(19)22-18(21)27-15/h1-2,4-5H,3,6-8H2,(H2,20,25)(H2,21,22)/t19-/m0/s1. The SMILES string of the molecule is NC(=O)CN1C(=O)[C@]2(C3=C1CCCC3=O)c1ccccc1-c1oc(N)nc12. The molecule has 2 aliphatic carbocycles. The highest BCUT2D eigenvalue weighted by Gasteiger charge is 2.63. The van der Waals surface area contributed by atoms with Gasteiger partial charge in [-0.25, -0.2) is 0 Å². The van der Waals surface area contributed by atoms with Gasteiger partial charge < -0.3 is 20.8 Å². The van der Waals surface area contributed by atoms with Crippen LogP contribution in [-0.4, -0.2) is 34.0 Å². The number of fused-ring (bicyclic) bond motifs is 6. The van der Waals surface area contributed by atoms with Gasteiger partial charge in [0.25, 0.3) is 6.01 Å². The first-order chi connectivity index (χ1) is 13.0. The fourth-order valence-electron chi connectivity index (χ4n) is 4.66. The number of hydrogen-bond acceptors (Lipinski definition) is 6. The van der Waals surface area contributed by atoms with Gasteiger partial charge in [0.15, 0.2) is 17.0 Å². The number of nitrogens with zero attached hydrogens (tertiary/aromatic N) is 2. The number of allylic oxidation sites excluding steroid dienone is 1. The van der Waals surface area contributed by atoms with E-state index in [2.05, 4.69) is 4.98 Å². The number of primary amides is 1. The van der Waals surface area contributed by atoms with E-state index < -0.39 is 17.2 Å². The van der Waals surface area contributed by atoms with Crippen molar-refractivity contribution in [2.24, 2.45) is 5.73 Å². The van der Waals surface area contributed by atoms with Crippen LogP contribution in [0.2, 0.25) is 0 Å². The van der Waals surface area contributed by atoms with Crippen molar-refractivity contribution in [3.05, 3.63) is 46.8 Å². The van der Waals surface area contributed by atoms with E-state index >= 15 is 0 Å². The number of anilines is 1. The predicted octanol–water partition coefficient (Wildman–Crippen LogP) is 0.858. The fourth-order valence-corrected chi connectivity index (χ4v) is 4.66. The maximum absolute atomic E-state index is 13.7. The van der Waals surface area contributed by atoms with Crippen molar-refractivity contribution in [3.63, 3.8) is 0 Å². The molecule has 27 heavy (non-hydrogen) atoms. The highest BCUT2D eigenvalue weighted by molar-refractivity contribution is 6.17. The summed E-state index contributed by atoms with van der Waals surface area (Å²) in [6.45, 7) is -0.280. The minimum Gasteiger partial charge on any atom is -0.423 e. The lowest BCUT2D eigenvalue weighted by Crippen LogP contribution is -2.44. The molecule has 1 aromatic heterocycles. The molecule has 3 aliphatic rings. The van der Waals surface area contributed by atoms with Gasteiger partial charge in [-0.3, -0.25) is 14.4 Å². The van der Waals surface area contributed by atoms with E-state index in [4.69, 9.17) is 15.9 Å². The van der Waals surface area contributed by atoms with Crippen LogP contribution in [0.15, 0.2) is 40.0 Å². The summed E-state index contributed by atoms with van der Waals surface area (Å²) < 4.78 is 5.59. The first-order valence-corrected chi connectivity index (χ1v) is 8.70. The van der Waals surface area contributed by atoms with Crippen LogP contribution in [0.3, 0.4) is 0 Å². The molecule has 0 radical (unpaired) electrons. The van der Waals surface area contributed by atoms with Crippen LogP contribution in [0.25, 0.3) is 11.3 Å². The van der Waals surface area contributed by atoms with Crippen molar-refractivity contribution < 1.29 is 18.8 Å². The van der Waals surface area contributed by atoms with Gasteiger partial charge in [0, 0.05) is 23.3 Å². The van der Waals surface area contributed by atoms with E-state index in [1.807, 2.05) is 12.1 Å². The number of rotatable bonds is 2. The van der Waals surface area contributed by atoms with Gasteiger partial charge in [0.2, 0.25) is 11.8 Å². The molecule has 2 amide bonds. The molecule has 1 aliphatic heterocycles. The average molecular weight is 364 g/mol. The Bertz CT molecular complexity index is 1080. The van der Waals surface area contributed by atoms with Gasteiger partial charge in [-0.2, -0.15) is 4.98 Å². The molecule has 136 valence electrons. The van der Waals surface area contributed by atoms with Crippen molar-refractivity contribution in [2.75, 3.05) is 12.3 Å². The third kappa shape index (κ3) is 1.77. The fraction of sp³-hybridized carbons (Fsp3) is 0.263. The molecule has 4 N–H and O–H groups in total. The third-order valence-electron chi connectivity index (χ3n) is 5.54. The van der Waals surface area contributed by atoms with Crippen LogP contribution in [0.5, 0.6) is 0 Å². The normalized spacial score (nSPS) is 23.0. The lowest BCUT2D eigenvalue weighted by Gasteiger charge is -2.26. The van der Waals surface area contributed by atoms with Crippen LogP contribution in [0, 0.1) is 0 Å². The van der Waals surface area contributed by atoms with Crippen LogP contribution in [0.4, 0.5) is 6.01 Å². The van der Waals surface area contributed by atoms with Crippen molar-refractivity contribution in [1.29, 1.82) is 0 Å². The number of carbonyl (C=O) groups excluding carboxylic acids is 3. The summed E-state index contributed by atoms with van der Waals surface area (Å²) >= 11 is 0. The molecule has 8 nitrogen and oxygen atoms in total. The molecular weight excluding hydrogens is 348 g/mol. The maximum Gasteiger partial charge on any atom is 0.292 e. The monoisotopic (exact) mass is 364 g/mol. The van der Waals surface area contributed by atoms with Gasteiger partial charge >= 0.3 is 0 Å². The number of carbonyl (C=O) groups is 3. The number of benzene rings is 1. The maximum atomic E-state index is 13.7. The van der Waals surface area contributed by atoms with E-state index in [1.54, 1.807) is 12.1 Å². The van der Waals surface area contributed by atoms with Crippen LogP contribution in [0.1, 0.15) is 30.5 Å². The minimum absolute atomic E-state index is 0.0690. The number of Topliss-reactive ketones (excluding diaryl/α,β-unsaturated/α-hetero) is 1. The quantitative estimate of drug-likeness (QED) is 0.812. The summed E-state index contributed by atoms with van der Waals surface area (Å²) in [6, 6.07) is 7.15. The first-order valence-electron chi connectivity index (χ1n) is 8.70. The second kappa shape index (κ2) is 5.06. The van der Waals surface area contributed by atoms with Crippen LogP contribution in [-0.2, 0) is 19.8 Å². The van der Waals surface area contributed by atoms with Crippen molar-refractivity contribution in [3.8, 4) is 11.3 Å². The van der Waals surface area contributed by atoms with E-state index in [0.717, 1.165) is 0 Å². The molecule has 0 bridgehead atoms. The molecule has 5 rings (SSSR count). The summed E-state index contributed by atoms with van der Waals surface area (Å²) in [5.41, 5.74) is 12.3. The summed E-state index contributed by atoms with van der Waals surface area (Å²) in [5.74, 6) is -0.777. The molecule has 2 heterocycles. The zero-order valence-corrected chi connectivity index (χ0v) is 14.3. The highest BCUT2D eigenvalue weighted by Crippen LogP contribution is 2.59. The molecule has 0 saturated carbocycles. The molecular formula is C19H16N4O4. The zero-order chi connectivity index (χ0) is 18.9. The summed E-state index contributed by atoms with van der Waals surface area (Å²) in [4.78, 5) is 44.0. The molecule has 1 atom stereocenters. The van der Waals surface area contributed by atoms with Gasteiger partial charge in [-0.1, -0.05) is 24.3 Å². The van der Waals surface area contributed by atoms with E-state index in [1.165, 1.54) is 4.90 Å². The van der Waals surface area contributed by atoms with Crippen LogP contribution >= 0.6 is 0 Å². The molecule has 2 aromatic rings. The van der Waals surface area contributed by atoms with Gasteiger partial charge in [0.1, 0.15) is 12.2 Å². The topological polar surface area (TPSA) is 133 Å². The van der Waals surface area contributed by atoms with E-state index in [0.29, 0.717) is 53.1 Å². The second-order valence-electron chi connectivity index (χ2n) is 6.98. The van der Waals surface area contributed by atoms with E-state index in [-0.39, 0.29) is 18.3 Å².